The first-order valence-corrected chi connectivity index (χ1v) is 8.93. The molecule has 0 fully saturated rings. The monoisotopic (exact) mass is 392 g/mol. The molecule has 134 valence electrons. The van der Waals surface area contributed by atoms with E-state index in [1.807, 2.05) is 0 Å². The summed E-state index contributed by atoms with van der Waals surface area (Å²) in [6.07, 6.45) is -4.57. The third-order valence-electron chi connectivity index (χ3n) is 3.48. The van der Waals surface area contributed by atoms with Crippen LogP contribution in [0, 0.1) is 0 Å². The Labute approximate surface area is 146 Å². The minimum absolute atomic E-state index is 0.0917. The Balaban J connectivity index is 1.89. The molecular formula is C15H12ClF3N2O3S. The Morgan fingerprint density at radius 2 is 1.92 bits per heavy atom. The summed E-state index contributed by atoms with van der Waals surface area (Å²) in [4.78, 5) is -0.0917. The van der Waals surface area contributed by atoms with Crippen LogP contribution in [0.25, 0.3) is 0 Å². The molecule has 0 unspecified atom stereocenters. The van der Waals surface area contributed by atoms with E-state index in [9.17, 15) is 21.6 Å². The Morgan fingerprint density at radius 3 is 2.60 bits per heavy atom. The maximum absolute atomic E-state index is 12.6. The van der Waals surface area contributed by atoms with Gasteiger partial charge in [0.1, 0.15) is 12.4 Å². The van der Waals surface area contributed by atoms with Crippen molar-refractivity contribution in [3.63, 3.8) is 0 Å². The van der Waals surface area contributed by atoms with Crippen LogP contribution in [0.2, 0.25) is 5.02 Å². The van der Waals surface area contributed by atoms with Crippen molar-refractivity contribution in [3.05, 3.63) is 47.0 Å². The van der Waals surface area contributed by atoms with Gasteiger partial charge in [0.2, 0.25) is 0 Å². The second kappa shape index (κ2) is 6.30. The minimum Gasteiger partial charge on any atom is -0.490 e. The third kappa shape index (κ3) is 3.77. The van der Waals surface area contributed by atoms with Gasteiger partial charge in [0, 0.05) is 12.6 Å². The number of sulfonamides is 1. The Morgan fingerprint density at radius 1 is 1.16 bits per heavy atom. The number of ether oxygens (including phenoxy) is 1. The average molecular weight is 393 g/mol. The fourth-order valence-electron chi connectivity index (χ4n) is 2.26. The minimum atomic E-state index is -4.57. The Bertz CT molecular complexity index is 917. The number of hydrogen-bond donors (Lipinski definition) is 2. The molecular weight excluding hydrogens is 381 g/mol. The van der Waals surface area contributed by atoms with Gasteiger partial charge < -0.3 is 10.1 Å². The van der Waals surface area contributed by atoms with Gasteiger partial charge in [0.05, 0.1) is 26.9 Å². The zero-order valence-electron chi connectivity index (χ0n) is 12.5. The van der Waals surface area contributed by atoms with Crippen LogP contribution >= 0.6 is 11.6 Å². The van der Waals surface area contributed by atoms with Gasteiger partial charge >= 0.3 is 6.18 Å². The smallest absolute Gasteiger partial charge is 0.416 e. The van der Waals surface area contributed by atoms with Crippen molar-refractivity contribution in [2.45, 2.75) is 11.1 Å². The van der Waals surface area contributed by atoms with Gasteiger partial charge in [-0.2, -0.15) is 13.2 Å². The number of alkyl halides is 3. The van der Waals surface area contributed by atoms with Crippen molar-refractivity contribution in [2.24, 2.45) is 0 Å². The SMILES string of the molecule is O=S(=O)(Nc1ccc(C(F)(F)F)cc1Cl)c1ccc2c(c1)OCCN2. The van der Waals surface area contributed by atoms with Gasteiger partial charge in [-0.3, -0.25) is 4.72 Å². The number of anilines is 2. The molecule has 0 bridgehead atoms. The molecule has 2 aromatic rings. The molecule has 25 heavy (non-hydrogen) atoms. The van der Waals surface area contributed by atoms with Gasteiger partial charge in [-0.25, -0.2) is 8.42 Å². The average Bonchev–Trinajstić information content (AvgIpc) is 2.55. The molecule has 0 atom stereocenters. The van der Waals surface area contributed by atoms with Crippen LogP contribution in [0.15, 0.2) is 41.3 Å². The number of rotatable bonds is 3. The lowest BCUT2D eigenvalue weighted by Crippen LogP contribution is -2.19. The highest BCUT2D eigenvalue weighted by Crippen LogP contribution is 2.35. The van der Waals surface area contributed by atoms with Crippen molar-refractivity contribution in [3.8, 4) is 5.75 Å². The highest BCUT2D eigenvalue weighted by atomic mass is 35.5. The lowest BCUT2D eigenvalue weighted by molar-refractivity contribution is -0.137. The molecule has 0 radical (unpaired) electrons. The molecule has 0 aliphatic carbocycles. The summed E-state index contributed by atoms with van der Waals surface area (Å²) in [5, 5.41) is 2.70. The van der Waals surface area contributed by atoms with E-state index in [0.29, 0.717) is 30.7 Å². The Hall–Kier alpha value is -2.13. The summed E-state index contributed by atoms with van der Waals surface area (Å²) in [6.45, 7) is 1.01. The molecule has 1 aliphatic rings. The quantitative estimate of drug-likeness (QED) is 0.829. The van der Waals surface area contributed by atoms with Crippen LogP contribution in [0.5, 0.6) is 5.75 Å². The third-order valence-corrected chi connectivity index (χ3v) is 5.16. The Kier molecular flexibility index (Phi) is 4.46. The van der Waals surface area contributed by atoms with Gasteiger partial charge in [-0.15, -0.1) is 0 Å². The molecule has 0 aromatic heterocycles. The van der Waals surface area contributed by atoms with Crippen LogP contribution in [0.4, 0.5) is 24.5 Å². The van der Waals surface area contributed by atoms with E-state index < -0.39 is 21.8 Å². The molecule has 0 saturated carbocycles. The number of benzene rings is 2. The fourth-order valence-corrected chi connectivity index (χ4v) is 3.64. The molecule has 2 N–H and O–H groups in total. The summed E-state index contributed by atoms with van der Waals surface area (Å²) in [7, 11) is -4.04. The van der Waals surface area contributed by atoms with Crippen LogP contribution in [0.3, 0.4) is 0 Å². The maximum atomic E-state index is 12.6. The van der Waals surface area contributed by atoms with Crippen molar-refractivity contribution >= 4 is 33.0 Å². The molecule has 0 saturated heterocycles. The molecule has 0 spiro atoms. The molecule has 5 nitrogen and oxygen atoms in total. The topological polar surface area (TPSA) is 67.4 Å². The highest BCUT2D eigenvalue weighted by Gasteiger charge is 2.31. The summed E-state index contributed by atoms with van der Waals surface area (Å²) >= 11 is 5.78. The molecule has 3 rings (SSSR count). The second-order valence-electron chi connectivity index (χ2n) is 5.23. The fraction of sp³-hybridized carbons (Fsp3) is 0.200. The highest BCUT2D eigenvalue weighted by molar-refractivity contribution is 7.92. The number of fused-ring (bicyclic) bond motifs is 1. The zero-order chi connectivity index (χ0) is 18.2. The standard InChI is InChI=1S/C15H12ClF3N2O3S/c16-11-7-9(15(17,18)19)1-3-12(11)21-25(22,23)10-2-4-13-14(8-10)24-6-5-20-13/h1-4,7-8,20-21H,5-6H2. The summed E-state index contributed by atoms with van der Waals surface area (Å²) in [5.41, 5.74) is -0.446. The van der Waals surface area contributed by atoms with Crippen molar-refractivity contribution in [1.82, 2.24) is 0 Å². The van der Waals surface area contributed by atoms with Crippen LogP contribution in [-0.4, -0.2) is 21.6 Å². The van der Waals surface area contributed by atoms with Crippen LogP contribution in [-0.2, 0) is 16.2 Å². The van der Waals surface area contributed by atoms with E-state index in [-0.39, 0.29) is 15.6 Å². The van der Waals surface area contributed by atoms with E-state index in [2.05, 4.69) is 10.0 Å². The first-order valence-electron chi connectivity index (χ1n) is 7.07. The first-order chi connectivity index (χ1) is 11.7. The number of nitrogens with one attached hydrogen (secondary N) is 2. The van der Waals surface area contributed by atoms with E-state index in [1.54, 1.807) is 6.07 Å². The summed E-state index contributed by atoms with van der Waals surface area (Å²) in [5.74, 6) is 0.382. The van der Waals surface area contributed by atoms with Crippen LogP contribution < -0.4 is 14.8 Å². The number of halogens is 4. The summed E-state index contributed by atoms with van der Waals surface area (Å²) in [6, 6.07) is 6.64. The van der Waals surface area contributed by atoms with Crippen LogP contribution in [0.1, 0.15) is 5.56 Å². The van der Waals surface area contributed by atoms with E-state index in [0.717, 1.165) is 12.1 Å². The lowest BCUT2D eigenvalue weighted by Gasteiger charge is -2.20. The molecule has 0 amide bonds. The molecule has 1 aliphatic heterocycles. The molecule has 2 aromatic carbocycles. The van der Waals surface area contributed by atoms with Gasteiger partial charge in [0.15, 0.2) is 0 Å². The normalized spacial score (nSPS) is 14.2. The molecule has 1 heterocycles. The first kappa shape index (κ1) is 17.7. The summed E-state index contributed by atoms with van der Waals surface area (Å²) < 4.78 is 70.4. The largest absolute Gasteiger partial charge is 0.490 e. The van der Waals surface area contributed by atoms with Gasteiger partial charge in [-0.1, -0.05) is 11.6 Å². The number of hydrogen-bond acceptors (Lipinski definition) is 4. The van der Waals surface area contributed by atoms with Gasteiger partial charge in [0.25, 0.3) is 10.0 Å². The van der Waals surface area contributed by atoms with E-state index in [4.69, 9.17) is 16.3 Å². The van der Waals surface area contributed by atoms with Gasteiger partial charge in [-0.05, 0) is 30.3 Å². The maximum Gasteiger partial charge on any atom is 0.416 e. The second-order valence-corrected chi connectivity index (χ2v) is 7.32. The lowest BCUT2D eigenvalue weighted by atomic mass is 10.2. The molecule has 10 heteroatoms. The van der Waals surface area contributed by atoms with E-state index in [1.165, 1.54) is 12.1 Å². The van der Waals surface area contributed by atoms with Crippen molar-refractivity contribution < 1.29 is 26.3 Å². The van der Waals surface area contributed by atoms with Crippen molar-refractivity contribution in [1.29, 1.82) is 0 Å². The van der Waals surface area contributed by atoms with E-state index >= 15 is 0 Å². The predicted octanol–water partition coefficient (Wildman–Crippen LogP) is 3.96. The predicted molar refractivity (Wildman–Crippen MR) is 87.7 cm³/mol. The van der Waals surface area contributed by atoms with Crippen molar-refractivity contribution in [2.75, 3.05) is 23.2 Å². The zero-order valence-corrected chi connectivity index (χ0v) is 14.1.